The minimum absolute atomic E-state index is 0.292. The lowest BCUT2D eigenvalue weighted by molar-refractivity contribution is 0.0699. The highest BCUT2D eigenvalue weighted by molar-refractivity contribution is 6.05. The van der Waals surface area contributed by atoms with E-state index in [1.807, 2.05) is 42.5 Å². The molecule has 150 valence electrons. The molecule has 0 saturated heterocycles. The summed E-state index contributed by atoms with van der Waals surface area (Å²) in [7, 11) is 0. The van der Waals surface area contributed by atoms with Crippen molar-refractivity contribution in [3.05, 3.63) is 102 Å². The summed E-state index contributed by atoms with van der Waals surface area (Å²) in [5.41, 5.74) is 5.51. The first-order valence-corrected chi connectivity index (χ1v) is 10.3. The number of pyridine rings is 2. The average molecular weight is 404 g/mol. The number of carbonyl (C=O) groups is 1. The van der Waals surface area contributed by atoms with E-state index in [9.17, 15) is 4.79 Å². The van der Waals surface area contributed by atoms with Gasteiger partial charge in [0.15, 0.2) is 0 Å². The third-order valence-electron chi connectivity index (χ3n) is 5.48. The second kappa shape index (κ2) is 8.00. The Bertz CT molecular complexity index is 1470. The van der Waals surface area contributed by atoms with E-state index in [0.717, 1.165) is 35.0 Å². The number of rotatable bonds is 1. The standard InChI is InChI=1S/C14H9NO2.C13H11N/c16-14(17)10-5-3-7-13-11(10)8-9-4-1-2-6-12(9)15-13;1-3-7-12-10(5-1)9-11-6-2-4-8-13(11)14-12/h1-8H,(H,16,17);1,3-5,7-9H,2,6H2. The molecule has 0 radical (unpaired) electrons. The summed E-state index contributed by atoms with van der Waals surface area (Å²) in [6.45, 7) is 0. The van der Waals surface area contributed by atoms with E-state index in [2.05, 4.69) is 46.4 Å². The van der Waals surface area contributed by atoms with Crippen LogP contribution in [-0.4, -0.2) is 21.0 Å². The molecule has 0 bridgehead atoms. The molecule has 3 aromatic carbocycles. The van der Waals surface area contributed by atoms with Crippen molar-refractivity contribution in [2.75, 3.05) is 0 Å². The van der Waals surface area contributed by atoms with Crippen molar-refractivity contribution in [2.45, 2.75) is 12.8 Å². The topological polar surface area (TPSA) is 63.1 Å². The third-order valence-corrected chi connectivity index (χ3v) is 5.48. The lowest BCUT2D eigenvalue weighted by Crippen LogP contribution is -1.97. The fourth-order valence-electron chi connectivity index (χ4n) is 3.94. The van der Waals surface area contributed by atoms with E-state index < -0.39 is 5.97 Å². The van der Waals surface area contributed by atoms with Gasteiger partial charge >= 0.3 is 5.97 Å². The predicted octanol–water partition coefficient (Wildman–Crippen LogP) is 6.28. The lowest BCUT2D eigenvalue weighted by Gasteiger charge is -2.10. The van der Waals surface area contributed by atoms with E-state index in [1.54, 1.807) is 12.1 Å². The monoisotopic (exact) mass is 404 g/mol. The van der Waals surface area contributed by atoms with Gasteiger partial charge in [-0.1, -0.05) is 48.5 Å². The second-order valence-corrected chi connectivity index (χ2v) is 7.52. The van der Waals surface area contributed by atoms with Crippen LogP contribution in [0, 0.1) is 0 Å². The number of aromatic carboxylic acids is 1. The van der Waals surface area contributed by atoms with Crippen LogP contribution in [0.4, 0.5) is 0 Å². The Morgan fingerprint density at radius 2 is 1.45 bits per heavy atom. The van der Waals surface area contributed by atoms with Gasteiger partial charge in [0.1, 0.15) is 0 Å². The number of hydrogen-bond acceptors (Lipinski definition) is 3. The molecule has 0 aliphatic heterocycles. The first-order chi connectivity index (χ1) is 15.2. The van der Waals surface area contributed by atoms with Gasteiger partial charge in [-0.15, -0.1) is 0 Å². The maximum Gasteiger partial charge on any atom is 0.336 e. The van der Waals surface area contributed by atoms with Crippen LogP contribution < -0.4 is 0 Å². The zero-order chi connectivity index (χ0) is 21.2. The highest BCUT2D eigenvalue weighted by atomic mass is 16.4. The van der Waals surface area contributed by atoms with E-state index in [4.69, 9.17) is 5.11 Å². The summed E-state index contributed by atoms with van der Waals surface area (Å²) in [5, 5.41) is 12.0. The molecule has 4 nitrogen and oxygen atoms in total. The van der Waals surface area contributed by atoms with Gasteiger partial charge in [0.2, 0.25) is 0 Å². The van der Waals surface area contributed by atoms with Crippen LogP contribution in [0.2, 0.25) is 0 Å². The normalized spacial score (nSPS) is 12.4. The Morgan fingerprint density at radius 1 is 0.774 bits per heavy atom. The molecule has 6 rings (SSSR count). The first kappa shape index (κ1) is 18.9. The summed E-state index contributed by atoms with van der Waals surface area (Å²) in [6, 6.07) is 25.3. The summed E-state index contributed by atoms with van der Waals surface area (Å²) in [6.07, 6.45) is 6.60. The Kier molecular flexibility index (Phi) is 4.89. The van der Waals surface area contributed by atoms with Crippen molar-refractivity contribution in [1.29, 1.82) is 0 Å². The second-order valence-electron chi connectivity index (χ2n) is 7.52. The highest BCUT2D eigenvalue weighted by Gasteiger charge is 2.09. The molecule has 0 spiro atoms. The molecule has 2 heterocycles. The molecule has 4 heteroatoms. The molecule has 0 amide bonds. The summed E-state index contributed by atoms with van der Waals surface area (Å²) in [4.78, 5) is 20.2. The van der Waals surface area contributed by atoms with Crippen molar-refractivity contribution in [3.63, 3.8) is 0 Å². The number of aryl methyl sites for hydroxylation is 1. The van der Waals surface area contributed by atoms with Crippen molar-refractivity contribution in [1.82, 2.24) is 9.97 Å². The van der Waals surface area contributed by atoms with Gasteiger partial charge in [0.05, 0.1) is 27.8 Å². The Balaban J connectivity index is 0.000000134. The lowest BCUT2D eigenvalue weighted by atomic mass is 10.0. The molecule has 1 aliphatic rings. The highest BCUT2D eigenvalue weighted by Crippen LogP contribution is 2.23. The summed E-state index contributed by atoms with van der Waals surface area (Å²) < 4.78 is 0. The molecular weight excluding hydrogens is 384 g/mol. The van der Waals surface area contributed by atoms with E-state index in [1.165, 1.54) is 10.9 Å². The number of allylic oxidation sites excluding steroid dienone is 1. The smallest absolute Gasteiger partial charge is 0.336 e. The van der Waals surface area contributed by atoms with Crippen LogP contribution >= 0.6 is 0 Å². The Morgan fingerprint density at radius 3 is 2.23 bits per heavy atom. The number of aromatic nitrogens is 2. The maximum absolute atomic E-state index is 11.1. The van der Waals surface area contributed by atoms with Crippen LogP contribution in [0.5, 0.6) is 0 Å². The number of hydrogen-bond donors (Lipinski definition) is 1. The fourth-order valence-corrected chi connectivity index (χ4v) is 3.94. The maximum atomic E-state index is 11.1. The predicted molar refractivity (Wildman–Crippen MR) is 125 cm³/mol. The van der Waals surface area contributed by atoms with Crippen LogP contribution in [0.25, 0.3) is 38.8 Å². The summed E-state index contributed by atoms with van der Waals surface area (Å²) >= 11 is 0. The van der Waals surface area contributed by atoms with Gasteiger partial charge in [0, 0.05) is 16.2 Å². The average Bonchev–Trinajstić information content (AvgIpc) is 2.81. The van der Waals surface area contributed by atoms with Gasteiger partial charge in [-0.3, -0.25) is 0 Å². The number of fused-ring (bicyclic) bond motifs is 4. The van der Waals surface area contributed by atoms with Crippen molar-refractivity contribution in [2.24, 2.45) is 0 Å². The SMILES string of the molecule is C1=Cc2nc3ccccc3cc2CC1.O=C(O)c1cccc2nc3ccccc3cc12. The molecule has 1 aliphatic carbocycles. The van der Waals surface area contributed by atoms with E-state index in [-0.39, 0.29) is 0 Å². The van der Waals surface area contributed by atoms with E-state index in [0.29, 0.717) is 16.5 Å². The minimum atomic E-state index is -0.923. The van der Waals surface area contributed by atoms with Gasteiger partial charge in [-0.25, -0.2) is 14.8 Å². The Labute approximate surface area is 179 Å². The van der Waals surface area contributed by atoms with Crippen molar-refractivity contribution < 1.29 is 9.90 Å². The van der Waals surface area contributed by atoms with Crippen LogP contribution in [-0.2, 0) is 6.42 Å². The van der Waals surface area contributed by atoms with Gasteiger partial charge < -0.3 is 5.11 Å². The van der Waals surface area contributed by atoms with Gasteiger partial charge in [-0.05, 0) is 60.9 Å². The number of carboxylic acid groups (broad SMARTS) is 1. The Hall–Kier alpha value is -4.05. The third kappa shape index (κ3) is 3.76. The first-order valence-electron chi connectivity index (χ1n) is 10.3. The van der Waals surface area contributed by atoms with Crippen LogP contribution in [0.3, 0.4) is 0 Å². The molecule has 5 aromatic rings. The molecule has 0 unspecified atom stereocenters. The van der Waals surface area contributed by atoms with Crippen molar-refractivity contribution in [3.8, 4) is 0 Å². The van der Waals surface area contributed by atoms with Crippen LogP contribution in [0.15, 0.2) is 84.9 Å². The minimum Gasteiger partial charge on any atom is -0.478 e. The molecule has 1 N–H and O–H groups in total. The molecular formula is C27H20N2O2. The van der Waals surface area contributed by atoms with Crippen LogP contribution in [0.1, 0.15) is 28.0 Å². The molecule has 0 atom stereocenters. The van der Waals surface area contributed by atoms with Gasteiger partial charge in [-0.2, -0.15) is 0 Å². The van der Waals surface area contributed by atoms with Crippen molar-refractivity contribution >= 4 is 44.8 Å². The largest absolute Gasteiger partial charge is 0.478 e. The molecule has 31 heavy (non-hydrogen) atoms. The molecule has 0 fully saturated rings. The van der Waals surface area contributed by atoms with Gasteiger partial charge in [0.25, 0.3) is 0 Å². The quantitative estimate of drug-likeness (QED) is 0.334. The zero-order valence-corrected chi connectivity index (χ0v) is 16.8. The van der Waals surface area contributed by atoms with E-state index >= 15 is 0 Å². The zero-order valence-electron chi connectivity index (χ0n) is 16.8. The number of carboxylic acids is 1. The number of benzene rings is 3. The molecule has 2 aromatic heterocycles. The number of nitrogens with zero attached hydrogens (tertiary/aromatic N) is 2. The fraction of sp³-hybridized carbons (Fsp3) is 0.0741. The molecule has 0 saturated carbocycles. The number of para-hydroxylation sites is 2. The summed E-state index contributed by atoms with van der Waals surface area (Å²) in [5.74, 6) is -0.923.